The van der Waals surface area contributed by atoms with Crippen molar-refractivity contribution in [2.75, 3.05) is 4.90 Å². The van der Waals surface area contributed by atoms with Crippen LogP contribution in [0.4, 0.5) is 17.1 Å². The zero-order valence-corrected chi connectivity index (χ0v) is 37.3. The van der Waals surface area contributed by atoms with Gasteiger partial charge in [-0.05, 0) is 110 Å². The number of fused-ring (bicyclic) bond motifs is 12. The highest BCUT2D eigenvalue weighted by Crippen LogP contribution is 2.60. The molecular formula is C60H43NS2. The zero-order valence-electron chi connectivity index (χ0n) is 35.7. The van der Waals surface area contributed by atoms with Crippen molar-refractivity contribution in [3.8, 4) is 44.5 Å². The van der Waals surface area contributed by atoms with Gasteiger partial charge in [-0.15, -0.1) is 22.7 Å². The number of hydrogen-bond donors (Lipinski definition) is 0. The minimum atomic E-state index is -0.228. The summed E-state index contributed by atoms with van der Waals surface area (Å²) in [5.74, 6) is 0. The van der Waals surface area contributed by atoms with Crippen molar-refractivity contribution < 1.29 is 0 Å². The lowest BCUT2D eigenvalue weighted by atomic mass is 9.81. The second-order valence-electron chi connectivity index (χ2n) is 18.4. The Kier molecular flexibility index (Phi) is 7.81. The summed E-state index contributed by atoms with van der Waals surface area (Å²) in [5, 5.41) is 5.26. The molecule has 0 unspecified atom stereocenters. The number of hydrogen-bond acceptors (Lipinski definition) is 3. The average Bonchev–Trinajstić information content (AvgIpc) is 4.02. The quantitative estimate of drug-likeness (QED) is 0.167. The molecule has 0 N–H and O–H groups in total. The monoisotopic (exact) mass is 841 g/mol. The van der Waals surface area contributed by atoms with E-state index in [9.17, 15) is 0 Å². The third-order valence-corrected chi connectivity index (χ3v) is 16.6. The van der Waals surface area contributed by atoms with Gasteiger partial charge < -0.3 is 4.90 Å². The molecule has 2 aromatic heterocycles. The number of rotatable bonds is 5. The van der Waals surface area contributed by atoms with Crippen LogP contribution in [-0.4, -0.2) is 0 Å². The van der Waals surface area contributed by atoms with Gasteiger partial charge in [0.15, 0.2) is 0 Å². The molecule has 11 aromatic rings. The van der Waals surface area contributed by atoms with Gasteiger partial charge in [0.25, 0.3) is 0 Å². The van der Waals surface area contributed by atoms with E-state index in [0.717, 1.165) is 5.69 Å². The van der Waals surface area contributed by atoms with Gasteiger partial charge in [-0.1, -0.05) is 167 Å². The van der Waals surface area contributed by atoms with Gasteiger partial charge in [0.2, 0.25) is 0 Å². The van der Waals surface area contributed by atoms with Crippen LogP contribution < -0.4 is 4.90 Å². The van der Waals surface area contributed by atoms with Crippen LogP contribution in [0.3, 0.4) is 0 Å². The minimum Gasteiger partial charge on any atom is -0.309 e. The van der Waals surface area contributed by atoms with Gasteiger partial charge in [-0.2, -0.15) is 0 Å². The first-order valence-electron chi connectivity index (χ1n) is 22.0. The van der Waals surface area contributed by atoms with Gasteiger partial charge in [-0.25, -0.2) is 0 Å². The number of nitrogens with zero attached hydrogens (tertiary/aromatic N) is 1. The first kappa shape index (κ1) is 36.8. The average molecular weight is 842 g/mol. The molecule has 0 atom stereocenters. The lowest BCUT2D eigenvalue weighted by Gasteiger charge is -2.31. The highest BCUT2D eigenvalue weighted by Gasteiger charge is 2.41. The van der Waals surface area contributed by atoms with Crippen molar-refractivity contribution in [3.63, 3.8) is 0 Å². The van der Waals surface area contributed by atoms with Crippen molar-refractivity contribution in [2.24, 2.45) is 0 Å². The minimum absolute atomic E-state index is 0.147. The summed E-state index contributed by atoms with van der Waals surface area (Å²) in [7, 11) is 0. The molecule has 0 saturated carbocycles. The molecule has 0 spiro atoms. The molecule has 2 aliphatic rings. The lowest BCUT2D eigenvalue weighted by molar-refractivity contribution is 0.660. The first-order chi connectivity index (χ1) is 30.8. The van der Waals surface area contributed by atoms with Gasteiger partial charge in [0.1, 0.15) is 0 Å². The summed E-state index contributed by atoms with van der Waals surface area (Å²) in [6.45, 7) is 9.64. The van der Waals surface area contributed by atoms with Crippen LogP contribution >= 0.6 is 22.7 Å². The van der Waals surface area contributed by atoms with E-state index in [1.54, 1.807) is 0 Å². The summed E-state index contributed by atoms with van der Waals surface area (Å²) >= 11 is 3.81. The predicted molar refractivity (Wildman–Crippen MR) is 273 cm³/mol. The molecule has 0 saturated heterocycles. The Morgan fingerprint density at radius 1 is 0.365 bits per heavy atom. The molecule has 300 valence electrons. The molecule has 2 aliphatic carbocycles. The fourth-order valence-electron chi connectivity index (χ4n) is 11.1. The highest BCUT2D eigenvalue weighted by molar-refractivity contribution is 7.26. The van der Waals surface area contributed by atoms with Crippen LogP contribution in [0.5, 0.6) is 0 Å². The molecule has 9 aromatic carbocycles. The Morgan fingerprint density at radius 3 is 1.79 bits per heavy atom. The number of benzene rings is 9. The second-order valence-corrected chi connectivity index (χ2v) is 20.6. The Hall–Kier alpha value is -6.78. The normalized spacial score (nSPS) is 14.3. The topological polar surface area (TPSA) is 3.24 Å². The van der Waals surface area contributed by atoms with Crippen LogP contribution in [0, 0.1) is 0 Å². The summed E-state index contributed by atoms with van der Waals surface area (Å²) in [6.07, 6.45) is 0. The molecule has 0 aliphatic heterocycles. The van der Waals surface area contributed by atoms with Crippen LogP contribution in [0.15, 0.2) is 188 Å². The third kappa shape index (κ3) is 5.27. The van der Waals surface area contributed by atoms with Gasteiger partial charge in [0, 0.05) is 68.1 Å². The predicted octanol–water partition coefficient (Wildman–Crippen LogP) is 17.8. The molecular weight excluding hydrogens is 799 g/mol. The van der Waals surface area contributed by atoms with Gasteiger partial charge in [-0.3, -0.25) is 0 Å². The van der Waals surface area contributed by atoms with Crippen molar-refractivity contribution >= 4 is 80.1 Å². The summed E-state index contributed by atoms with van der Waals surface area (Å²) in [4.78, 5) is 2.61. The maximum Gasteiger partial charge on any atom is 0.0636 e. The smallest absolute Gasteiger partial charge is 0.0636 e. The number of anilines is 3. The van der Waals surface area contributed by atoms with E-state index < -0.39 is 0 Å². The molecule has 0 fully saturated rings. The maximum atomic E-state index is 2.61. The van der Waals surface area contributed by atoms with Crippen LogP contribution in [0.2, 0.25) is 0 Å². The molecule has 3 heteroatoms. The summed E-state index contributed by atoms with van der Waals surface area (Å²) in [5.41, 5.74) is 19.0. The SMILES string of the molecule is CC1(C)c2ccccc2-c2ccc(N(c3ccc(-c4cccc5c4sc4ccccc45)cc3)c3c4c(cc5sc6ccccc6c35)C(C)(C)c3cc(-c5ccccc5)ccc3-4)cc21. The molecule has 1 nitrogen and oxygen atoms in total. The molecule has 0 radical (unpaired) electrons. The van der Waals surface area contributed by atoms with Crippen molar-refractivity contribution in [3.05, 3.63) is 210 Å². The van der Waals surface area contributed by atoms with E-state index in [-0.39, 0.29) is 10.8 Å². The van der Waals surface area contributed by atoms with E-state index in [4.69, 9.17) is 0 Å². The van der Waals surface area contributed by atoms with Crippen molar-refractivity contribution in [1.29, 1.82) is 0 Å². The third-order valence-electron chi connectivity index (χ3n) is 14.3. The molecule has 0 bridgehead atoms. The van der Waals surface area contributed by atoms with E-state index in [1.807, 2.05) is 22.7 Å². The van der Waals surface area contributed by atoms with Crippen molar-refractivity contribution in [1.82, 2.24) is 0 Å². The van der Waals surface area contributed by atoms with Crippen LogP contribution in [0.1, 0.15) is 49.9 Å². The molecule has 2 heterocycles. The molecule has 13 rings (SSSR count). The summed E-state index contributed by atoms with van der Waals surface area (Å²) < 4.78 is 5.30. The van der Waals surface area contributed by atoms with Crippen LogP contribution in [0.25, 0.3) is 84.9 Å². The Bertz CT molecular complexity index is 3680. The Morgan fingerprint density at radius 2 is 0.968 bits per heavy atom. The van der Waals surface area contributed by atoms with Crippen LogP contribution in [-0.2, 0) is 10.8 Å². The first-order valence-corrected chi connectivity index (χ1v) is 23.6. The van der Waals surface area contributed by atoms with Gasteiger partial charge >= 0.3 is 0 Å². The Balaban J connectivity index is 1.09. The Labute approximate surface area is 376 Å². The van der Waals surface area contributed by atoms with Crippen molar-refractivity contribution in [2.45, 2.75) is 38.5 Å². The maximum absolute atomic E-state index is 2.61. The zero-order chi connectivity index (χ0) is 42.2. The van der Waals surface area contributed by atoms with E-state index in [2.05, 4.69) is 221 Å². The molecule has 63 heavy (non-hydrogen) atoms. The standard InChI is InChI=1S/C60H43NS2/c1-59(2)48-22-11-8-17-42(48)43-32-30-40(34-50(43)59)61(39-28-25-37(26-29-39)41-20-14-21-45-44-18-9-12-23-52(44)63-58(41)45)57-55-46-31-27-38(36-15-6-5-7-16-36)33-49(46)60(3,4)51(55)35-54-56(57)47-19-10-13-24-53(47)62-54/h5-35H,1-4H3. The van der Waals surface area contributed by atoms with Gasteiger partial charge in [0.05, 0.1) is 5.69 Å². The lowest BCUT2D eigenvalue weighted by Crippen LogP contribution is -2.18. The fraction of sp³-hybridized carbons (Fsp3) is 0.100. The van der Waals surface area contributed by atoms with E-state index >= 15 is 0 Å². The second kappa shape index (κ2) is 13.4. The fourth-order valence-corrected chi connectivity index (χ4v) is 13.5. The van der Waals surface area contributed by atoms with E-state index in [1.165, 1.54) is 118 Å². The largest absolute Gasteiger partial charge is 0.309 e. The van der Waals surface area contributed by atoms with E-state index in [0.29, 0.717) is 0 Å². The summed E-state index contributed by atoms with van der Waals surface area (Å²) in [6, 6.07) is 70.9. The number of thiophene rings is 2. The molecule has 0 amide bonds. The highest BCUT2D eigenvalue weighted by atomic mass is 32.1.